The van der Waals surface area contributed by atoms with Crippen LogP contribution in [0.5, 0.6) is 0 Å². The molecule has 1 aliphatic rings. The topological polar surface area (TPSA) is 132 Å². The van der Waals surface area contributed by atoms with Crippen LogP contribution in [0.4, 0.5) is 22.9 Å². The van der Waals surface area contributed by atoms with Crippen molar-refractivity contribution in [2.45, 2.75) is 0 Å². The fraction of sp³-hybridized carbons (Fsp3) is 0.217. The zero-order valence-corrected chi connectivity index (χ0v) is 17.8. The molecule has 0 saturated carbocycles. The third-order valence-corrected chi connectivity index (χ3v) is 5.19. The number of hydrogen-bond acceptors (Lipinski definition) is 8. The number of benzene rings is 2. The van der Waals surface area contributed by atoms with E-state index in [1.165, 1.54) is 12.1 Å². The summed E-state index contributed by atoms with van der Waals surface area (Å²) in [6.45, 7) is 3.39. The Hall–Kier alpha value is -3.98. The van der Waals surface area contributed by atoms with E-state index in [0.29, 0.717) is 22.6 Å². The van der Waals surface area contributed by atoms with E-state index in [-0.39, 0.29) is 11.5 Å². The lowest BCUT2D eigenvalue weighted by atomic mass is 10.00. The highest BCUT2D eigenvalue weighted by Gasteiger charge is 2.23. The van der Waals surface area contributed by atoms with Crippen LogP contribution in [0, 0.1) is 10.1 Å². The van der Waals surface area contributed by atoms with Crippen LogP contribution < -0.4 is 16.4 Å². The van der Waals surface area contributed by atoms with E-state index in [4.69, 9.17) is 11.5 Å². The van der Waals surface area contributed by atoms with Gasteiger partial charge in [0.2, 0.25) is 0 Å². The van der Waals surface area contributed by atoms with Gasteiger partial charge in [0, 0.05) is 55.8 Å². The van der Waals surface area contributed by atoms with Crippen LogP contribution >= 0.6 is 0 Å². The van der Waals surface area contributed by atoms with Gasteiger partial charge in [0.15, 0.2) is 5.78 Å². The number of pyridine rings is 1. The predicted molar refractivity (Wildman–Crippen MR) is 126 cm³/mol. The number of carbonyl (C=O) groups excluding carboxylic acids is 1. The molecule has 0 spiro atoms. The summed E-state index contributed by atoms with van der Waals surface area (Å²) in [5, 5.41) is 11.1. The first kappa shape index (κ1) is 22.7. The number of hydrogen-bond donors (Lipinski definition) is 2. The molecule has 0 atom stereocenters. The first-order valence-corrected chi connectivity index (χ1v) is 10.1. The molecule has 2 heterocycles. The van der Waals surface area contributed by atoms with Gasteiger partial charge < -0.3 is 21.3 Å². The van der Waals surface area contributed by atoms with Crippen molar-refractivity contribution in [2.24, 2.45) is 0 Å². The van der Waals surface area contributed by atoms with E-state index in [2.05, 4.69) is 21.8 Å². The Morgan fingerprint density at radius 1 is 1.00 bits per heavy atom. The van der Waals surface area contributed by atoms with Crippen LogP contribution in [0.2, 0.25) is 0 Å². The van der Waals surface area contributed by atoms with Crippen LogP contribution in [0.1, 0.15) is 15.9 Å². The lowest BCUT2D eigenvalue weighted by Crippen LogP contribution is -2.45. The number of aromatic nitrogens is 1. The number of likely N-dealkylation sites (N-methyl/N-ethyl adjacent to an activating group) is 1. The van der Waals surface area contributed by atoms with E-state index in [0.717, 1.165) is 31.9 Å². The largest absolute Gasteiger partial charge is 0.396 e. The fourth-order valence-corrected chi connectivity index (χ4v) is 3.32. The summed E-state index contributed by atoms with van der Waals surface area (Å²) in [4.78, 5) is 31.6. The molecule has 1 saturated heterocycles. The smallest absolute Gasteiger partial charge is 0.270 e. The van der Waals surface area contributed by atoms with Gasteiger partial charge in [0.1, 0.15) is 5.82 Å². The van der Waals surface area contributed by atoms with Crippen molar-refractivity contribution in [3.05, 3.63) is 88.1 Å². The van der Waals surface area contributed by atoms with Crippen LogP contribution in [0.3, 0.4) is 0 Å². The molecular weight excluding hydrogens is 408 g/mol. The van der Waals surface area contributed by atoms with E-state index in [1.807, 2.05) is 6.07 Å². The summed E-state index contributed by atoms with van der Waals surface area (Å²) < 4.78 is 0. The molecule has 0 unspecified atom stereocenters. The first-order chi connectivity index (χ1) is 15.4. The average molecular weight is 435 g/mol. The van der Waals surface area contributed by atoms with Gasteiger partial charge >= 0.3 is 0 Å². The summed E-state index contributed by atoms with van der Waals surface area (Å²) in [6.07, 6.45) is 1.60. The van der Waals surface area contributed by atoms with E-state index < -0.39 is 4.92 Å². The van der Waals surface area contributed by atoms with E-state index in [9.17, 15) is 14.9 Å². The summed E-state index contributed by atoms with van der Waals surface area (Å²) in [6, 6.07) is 16.9. The zero-order valence-electron chi connectivity index (χ0n) is 17.8. The predicted octanol–water partition coefficient (Wildman–Crippen LogP) is 2.82. The molecule has 4 rings (SSSR count). The Balaban J connectivity index is 0.000000305. The number of rotatable bonds is 4. The standard InChI is InChI=1S/C18H19N3O3.C5H7N3/c1-19-9-11-20(12-10-19)17-8-7-15(21(23)24)13-16(17)18(22)14-5-3-2-4-6-14;6-4-2-1-3-8-5(4)7/h2-8,13H,9-12H2,1H3;1-3H,6H2,(H2,7,8). The van der Waals surface area contributed by atoms with Gasteiger partial charge in [0.05, 0.1) is 16.2 Å². The zero-order chi connectivity index (χ0) is 23.1. The van der Waals surface area contributed by atoms with Crippen LogP contribution in [-0.4, -0.2) is 53.8 Å². The molecule has 0 aliphatic carbocycles. The number of nitro benzene ring substituents is 1. The number of nitrogens with zero attached hydrogens (tertiary/aromatic N) is 4. The van der Waals surface area contributed by atoms with E-state index in [1.54, 1.807) is 48.7 Å². The molecule has 1 aliphatic heterocycles. The molecule has 3 aromatic rings. The normalized spacial score (nSPS) is 13.7. The number of anilines is 3. The average Bonchev–Trinajstić information content (AvgIpc) is 2.81. The minimum atomic E-state index is -0.463. The lowest BCUT2D eigenvalue weighted by Gasteiger charge is -2.35. The van der Waals surface area contributed by atoms with Crippen molar-refractivity contribution in [2.75, 3.05) is 49.6 Å². The Kier molecular flexibility index (Phi) is 7.35. The van der Waals surface area contributed by atoms with Crippen LogP contribution in [0.15, 0.2) is 66.9 Å². The molecule has 166 valence electrons. The molecule has 0 amide bonds. The van der Waals surface area contributed by atoms with Gasteiger partial charge in [-0.2, -0.15) is 0 Å². The minimum Gasteiger partial charge on any atom is -0.396 e. The van der Waals surface area contributed by atoms with Gasteiger partial charge in [-0.05, 0) is 25.2 Å². The number of piperazine rings is 1. The Morgan fingerprint density at radius 2 is 1.69 bits per heavy atom. The third-order valence-electron chi connectivity index (χ3n) is 5.19. The number of non-ortho nitro benzene ring substituents is 1. The molecule has 1 aromatic heterocycles. The van der Waals surface area contributed by atoms with Crippen molar-refractivity contribution < 1.29 is 9.72 Å². The Bertz CT molecular complexity index is 1060. The maximum atomic E-state index is 12.9. The molecule has 0 radical (unpaired) electrons. The third kappa shape index (κ3) is 5.58. The molecule has 2 aromatic carbocycles. The summed E-state index contributed by atoms with van der Waals surface area (Å²) in [5.41, 5.74) is 12.8. The molecule has 9 heteroatoms. The lowest BCUT2D eigenvalue weighted by molar-refractivity contribution is -0.384. The monoisotopic (exact) mass is 434 g/mol. The van der Waals surface area contributed by atoms with Gasteiger partial charge in [0.25, 0.3) is 5.69 Å². The maximum absolute atomic E-state index is 12.9. The summed E-state index contributed by atoms with van der Waals surface area (Å²) >= 11 is 0. The van der Waals surface area contributed by atoms with E-state index >= 15 is 0 Å². The molecular formula is C23H26N6O3. The maximum Gasteiger partial charge on any atom is 0.270 e. The molecule has 0 bridgehead atoms. The Labute approximate surface area is 186 Å². The van der Waals surface area contributed by atoms with Crippen LogP contribution in [-0.2, 0) is 0 Å². The van der Waals surface area contributed by atoms with Crippen molar-refractivity contribution in [3.8, 4) is 0 Å². The second kappa shape index (κ2) is 10.4. The number of nitrogen functional groups attached to an aromatic ring is 2. The van der Waals surface area contributed by atoms with Gasteiger partial charge in [-0.25, -0.2) is 4.98 Å². The number of nitrogens with two attached hydrogens (primary N) is 2. The number of carbonyl (C=O) groups is 1. The first-order valence-electron chi connectivity index (χ1n) is 10.1. The van der Waals surface area contributed by atoms with Crippen LogP contribution in [0.25, 0.3) is 0 Å². The molecule has 1 fully saturated rings. The van der Waals surface area contributed by atoms with Gasteiger partial charge in [-0.15, -0.1) is 0 Å². The fourth-order valence-electron chi connectivity index (χ4n) is 3.32. The molecule has 32 heavy (non-hydrogen) atoms. The van der Waals surface area contributed by atoms with Crippen molar-refractivity contribution in [1.29, 1.82) is 0 Å². The molecule has 4 N–H and O–H groups in total. The highest BCUT2D eigenvalue weighted by Crippen LogP contribution is 2.28. The van der Waals surface area contributed by atoms with Gasteiger partial charge in [-0.3, -0.25) is 14.9 Å². The highest BCUT2D eigenvalue weighted by molar-refractivity contribution is 6.12. The second-order valence-electron chi connectivity index (χ2n) is 7.42. The van der Waals surface area contributed by atoms with Gasteiger partial charge in [-0.1, -0.05) is 30.3 Å². The number of ketones is 1. The second-order valence-corrected chi connectivity index (χ2v) is 7.42. The SMILES string of the molecule is CN1CCN(c2ccc([N+](=O)[O-])cc2C(=O)c2ccccc2)CC1.Nc1cccnc1N. The quantitative estimate of drug-likeness (QED) is 0.364. The van der Waals surface area contributed by atoms with Crippen molar-refractivity contribution >= 4 is 28.7 Å². The van der Waals surface area contributed by atoms with Crippen molar-refractivity contribution in [3.63, 3.8) is 0 Å². The van der Waals surface area contributed by atoms with Crippen molar-refractivity contribution in [1.82, 2.24) is 9.88 Å². The number of nitro groups is 1. The minimum absolute atomic E-state index is 0.0628. The summed E-state index contributed by atoms with van der Waals surface area (Å²) in [7, 11) is 2.06. The highest BCUT2D eigenvalue weighted by atomic mass is 16.6. The Morgan fingerprint density at radius 3 is 2.25 bits per heavy atom. The molecule has 9 nitrogen and oxygen atoms in total. The summed E-state index contributed by atoms with van der Waals surface area (Å²) in [5.74, 6) is 0.209.